The number of hydrogen-bond donors (Lipinski definition) is 2. The molecule has 0 radical (unpaired) electrons. The van der Waals surface area contributed by atoms with Gasteiger partial charge in [-0.3, -0.25) is 5.26 Å². The molecule has 0 heterocycles. The second kappa shape index (κ2) is 4.01. The monoisotopic (exact) mass is 107 g/mol. The largest absolute Gasteiger partial charge is 0.302 e. The first-order chi connectivity index (χ1) is 3.31. The van der Waals surface area contributed by atoms with Crippen LogP contribution in [0.4, 0.5) is 0 Å². The van der Waals surface area contributed by atoms with Gasteiger partial charge in [0.2, 0.25) is 0 Å². The van der Waals surface area contributed by atoms with E-state index in [1.807, 2.05) is 0 Å². The molecule has 7 heavy (non-hydrogen) atoms. The fourth-order valence-electron chi connectivity index (χ4n) is 0.166. The van der Waals surface area contributed by atoms with Gasteiger partial charge in [0.25, 0.3) is 0 Å². The van der Waals surface area contributed by atoms with Gasteiger partial charge in [0, 0.05) is 0 Å². The van der Waals surface area contributed by atoms with Crippen molar-refractivity contribution in [2.75, 3.05) is 6.61 Å². The highest BCUT2D eigenvalue weighted by Gasteiger charge is 1.96. The molecule has 4 nitrogen and oxygen atoms in total. The molecule has 3 N–H and O–H groups in total. The zero-order valence-corrected chi connectivity index (χ0v) is 4.13. The van der Waals surface area contributed by atoms with Gasteiger partial charge in [-0.2, -0.15) is 0 Å². The first-order valence-corrected chi connectivity index (χ1v) is 1.93. The van der Waals surface area contributed by atoms with Crippen molar-refractivity contribution in [3.05, 3.63) is 0 Å². The van der Waals surface area contributed by atoms with Crippen LogP contribution in [0.3, 0.4) is 0 Å². The van der Waals surface area contributed by atoms with Gasteiger partial charge in [-0.1, -0.05) is 0 Å². The molecule has 0 spiro atoms. The van der Waals surface area contributed by atoms with E-state index in [0.717, 1.165) is 0 Å². The minimum Gasteiger partial charge on any atom is -0.302 e. The third kappa shape index (κ3) is 3.68. The maximum absolute atomic E-state index is 7.83. The zero-order chi connectivity index (χ0) is 5.70. The Balaban J connectivity index is 2.83. The Morgan fingerprint density at radius 2 is 2.43 bits per heavy atom. The molecular weight excluding hydrogens is 98.0 g/mol. The predicted octanol–water partition coefficient (Wildman–Crippen LogP) is -0.245. The van der Waals surface area contributed by atoms with Crippen molar-refractivity contribution in [3.8, 4) is 0 Å². The Kier molecular flexibility index (Phi) is 3.92. The second-order valence-electron chi connectivity index (χ2n) is 1.25. The van der Waals surface area contributed by atoms with E-state index in [4.69, 9.17) is 5.26 Å². The minimum atomic E-state index is -0.343. The van der Waals surface area contributed by atoms with Gasteiger partial charge in [0.05, 0.1) is 6.61 Å². The van der Waals surface area contributed by atoms with E-state index in [-0.39, 0.29) is 12.7 Å². The van der Waals surface area contributed by atoms with E-state index in [1.54, 1.807) is 6.92 Å². The van der Waals surface area contributed by atoms with Gasteiger partial charge in [0.15, 0.2) is 0 Å². The summed E-state index contributed by atoms with van der Waals surface area (Å²) < 4.78 is 0. The summed E-state index contributed by atoms with van der Waals surface area (Å²) in [4.78, 5) is 7.90. The van der Waals surface area contributed by atoms with Crippen molar-refractivity contribution in [2.24, 2.45) is 5.90 Å². The summed E-state index contributed by atoms with van der Waals surface area (Å²) in [5.41, 5.74) is 0. The van der Waals surface area contributed by atoms with Crippen LogP contribution < -0.4 is 5.90 Å². The number of nitrogens with two attached hydrogens (primary N) is 1. The highest BCUT2D eigenvalue weighted by molar-refractivity contribution is 4.38. The second-order valence-corrected chi connectivity index (χ2v) is 1.25. The molecular formula is C3H9NO3. The predicted molar refractivity (Wildman–Crippen MR) is 23.3 cm³/mol. The molecule has 1 unspecified atom stereocenters. The van der Waals surface area contributed by atoms with Crippen LogP contribution >= 0.6 is 0 Å². The molecule has 0 aromatic heterocycles. The Bertz CT molecular complexity index is 41.2. The molecule has 0 aromatic carbocycles. The maximum Gasteiger partial charge on any atom is 0.115 e. The van der Waals surface area contributed by atoms with Crippen LogP contribution in [0.1, 0.15) is 6.92 Å². The topological polar surface area (TPSA) is 64.7 Å². The van der Waals surface area contributed by atoms with E-state index in [1.165, 1.54) is 0 Å². The average molecular weight is 107 g/mol. The Morgan fingerprint density at radius 3 is 2.57 bits per heavy atom. The Labute approximate surface area is 41.7 Å². The lowest BCUT2D eigenvalue weighted by Crippen LogP contribution is -2.16. The summed E-state index contributed by atoms with van der Waals surface area (Å²) in [6.07, 6.45) is -0.343. The van der Waals surface area contributed by atoms with Crippen LogP contribution in [-0.2, 0) is 9.73 Å². The summed E-state index contributed by atoms with van der Waals surface area (Å²) in [7, 11) is 0. The van der Waals surface area contributed by atoms with Crippen LogP contribution in [-0.4, -0.2) is 18.0 Å². The lowest BCUT2D eigenvalue weighted by Gasteiger charge is -2.01. The standard InChI is InChI=1S/C3H9NO3/c1-3(7-5)2-6-4/h3,5H,2,4H2,1H3. The van der Waals surface area contributed by atoms with Crippen LogP contribution in [0, 0.1) is 0 Å². The van der Waals surface area contributed by atoms with Gasteiger partial charge >= 0.3 is 0 Å². The molecule has 0 saturated carbocycles. The van der Waals surface area contributed by atoms with Crippen molar-refractivity contribution in [3.63, 3.8) is 0 Å². The van der Waals surface area contributed by atoms with E-state index in [0.29, 0.717) is 0 Å². The molecule has 0 aliphatic carbocycles. The molecule has 1 atom stereocenters. The highest BCUT2D eigenvalue weighted by Crippen LogP contribution is 1.83. The molecule has 0 fully saturated rings. The molecule has 4 heteroatoms. The Morgan fingerprint density at radius 1 is 1.86 bits per heavy atom. The fourth-order valence-corrected chi connectivity index (χ4v) is 0.166. The van der Waals surface area contributed by atoms with Crippen LogP contribution in [0.15, 0.2) is 0 Å². The van der Waals surface area contributed by atoms with Gasteiger partial charge in [-0.15, -0.1) is 0 Å². The average Bonchev–Trinajstić information content (AvgIpc) is 1.68. The molecule has 0 saturated heterocycles. The summed E-state index contributed by atoms with van der Waals surface area (Å²) in [6.45, 7) is 1.84. The number of hydrogen-bond acceptors (Lipinski definition) is 4. The van der Waals surface area contributed by atoms with Crippen molar-refractivity contribution in [1.29, 1.82) is 0 Å². The van der Waals surface area contributed by atoms with Crippen molar-refractivity contribution in [2.45, 2.75) is 13.0 Å². The smallest absolute Gasteiger partial charge is 0.115 e. The third-order valence-electron chi connectivity index (χ3n) is 0.511. The van der Waals surface area contributed by atoms with E-state index in [9.17, 15) is 0 Å². The van der Waals surface area contributed by atoms with Crippen molar-refractivity contribution < 1.29 is 15.0 Å². The summed E-state index contributed by atoms with van der Waals surface area (Å²) in [5.74, 6) is 4.61. The summed E-state index contributed by atoms with van der Waals surface area (Å²) in [5, 5.41) is 7.83. The molecule has 0 bridgehead atoms. The van der Waals surface area contributed by atoms with Crippen molar-refractivity contribution in [1.82, 2.24) is 0 Å². The van der Waals surface area contributed by atoms with Crippen LogP contribution in [0.25, 0.3) is 0 Å². The lowest BCUT2D eigenvalue weighted by molar-refractivity contribution is -0.282. The Hall–Kier alpha value is -0.160. The number of rotatable bonds is 3. The molecule has 0 aromatic rings. The van der Waals surface area contributed by atoms with Crippen molar-refractivity contribution >= 4 is 0 Å². The lowest BCUT2D eigenvalue weighted by atomic mass is 10.5. The van der Waals surface area contributed by atoms with Gasteiger partial charge in [-0.25, -0.2) is 10.8 Å². The third-order valence-corrected chi connectivity index (χ3v) is 0.511. The quantitative estimate of drug-likeness (QED) is 0.385. The first-order valence-electron chi connectivity index (χ1n) is 1.93. The fraction of sp³-hybridized carbons (Fsp3) is 1.00. The van der Waals surface area contributed by atoms with Gasteiger partial charge in [0.1, 0.15) is 6.10 Å². The van der Waals surface area contributed by atoms with Crippen LogP contribution in [0.5, 0.6) is 0 Å². The molecule has 0 rings (SSSR count). The zero-order valence-electron chi connectivity index (χ0n) is 4.13. The first kappa shape index (κ1) is 6.84. The molecule has 0 aliphatic rings. The van der Waals surface area contributed by atoms with E-state index < -0.39 is 0 Å². The van der Waals surface area contributed by atoms with Gasteiger partial charge in [-0.05, 0) is 6.92 Å². The SMILES string of the molecule is CC(CON)OO. The summed E-state index contributed by atoms with van der Waals surface area (Å²) in [6, 6.07) is 0. The molecule has 0 aliphatic heterocycles. The minimum absolute atomic E-state index is 0.205. The maximum atomic E-state index is 7.83. The van der Waals surface area contributed by atoms with Crippen LogP contribution in [0.2, 0.25) is 0 Å². The van der Waals surface area contributed by atoms with Gasteiger partial charge < -0.3 is 4.84 Å². The van der Waals surface area contributed by atoms with E-state index >= 15 is 0 Å². The normalized spacial score (nSPS) is 14.1. The molecule has 0 amide bonds. The molecule has 44 valence electrons. The van der Waals surface area contributed by atoms with E-state index in [2.05, 4.69) is 15.6 Å². The highest BCUT2D eigenvalue weighted by atomic mass is 17.1. The summed E-state index contributed by atoms with van der Waals surface area (Å²) >= 11 is 0.